The normalized spacial score (nSPS) is 20.9. The van der Waals surface area contributed by atoms with Crippen LogP contribution in [-0.2, 0) is 24.1 Å². The maximum Gasteiger partial charge on any atom is 0.411 e. The van der Waals surface area contributed by atoms with Crippen molar-refractivity contribution < 1.29 is 9.94 Å². The zero-order valence-electron chi connectivity index (χ0n) is 33.3. The molecular formula is C51H40B2N4O2. The second-order valence-corrected chi connectivity index (χ2v) is 17.7. The van der Waals surface area contributed by atoms with Gasteiger partial charge in [0.15, 0.2) is 0 Å². The summed E-state index contributed by atoms with van der Waals surface area (Å²) in [4.78, 5) is 17.2. The largest absolute Gasteiger partial charge is 0.507 e. The topological polar surface area (TPSA) is 42.4 Å². The van der Waals surface area contributed by atoms with Gasteiger partial charge in [0.2, 0.25) is 0 Å². The average Bonchev–Trinajstić information content (AvgIpc) is 3.88. The summed E-state index contributed by atoms with van der Waals surface area (Å²) >= 11 is 0. The fourth-order valence-corrected chi connectivity index (χ4v) is 12.5. The number of aliphatic hydroxyl groups is 1. The van der Waals surface area contributed by atoms with E-state index in [1.54, 1.807) is 0 Å². The molecule has 0 aromatic heterocycles. The molecule has 7 aliphatic rings. The molecule has 3 heterocycles. The van der Waals surface area contributed by atoms with E-state index < -0.39 is 6.10 Å². The smallest absolute Gasteiger partial charge is 0.411 e. The van der Waals surface area contributed by atoms with Crippen LogP contribution >= 0.6 is 0 Å². The van der Waals surface area contributed by atoms with Crippen molar-refractivity contribution in [2.75, 3.05) is 35.6 Å². The minimum absolute atomic E-state index is 0.0636. The molecule has 14 rings (SSSR count). The van der Waals surface area contributed by atoms with Crippen LogP contribution in [0.1, 0.15) is 45.8 Å². The van der Waals surface area contributed by atoms with E-state index in [9.17, 15) is 5.11 Å². The second-order valence-electron chi connectivity index (χ2n) is 17.7. The predicted molar refractivity (Wildman–Crippen MR) is 244 cm³/mol. The molecule has 1 N–H and O–H groups in total. The summed E-state index contributed by atoms with van der Waals surface area (Å²) in [6.45, 7) is -0.256. The number of hydroxylamine groups is 1. The molecule has 0 saturated heterocycles. The number of fused-ring (bicyclic) bond motifs is 3. The van der Waals surface area contributed by atoms with Gasteiger partial charge < -0.3 is 19.5 Å². The lowest BCUT2D eigenvalue weighted by atomic mass is 9.58. The molecule has 282 valence electrons. The molecule has 0 saturated carbocycles. The van der Waals surface area contributed by atoms with E-state index in [0.29, 0.717) is 5.76 Å². The highest BCUT2D eigenvalue weighted by Crippen LogP contribution is 2.61. The zero-order chi connectivity index (χ0) is 39.0. The number of aliphatic hydroxyl groups excluding tert-OH is 1. The third-order valence-electron chi connectivity index (χ3n) is 15.0. The molecule has 0 radical (unpaired) electrons. The first kappa shape index (κ1) is 32.7. The second kappa shape index (κ2) is 11.3. The Labute approximate surface area is 344 Å². The first-order valence-electron chi connectivity index (χ1n) is 21.2. The Balaban J connectivity index is 1.01. The van der Waals surface area contributed by atoms with Gasteiger partial charge in [-0.25, -0.2) is 0 Å². The molecule has 2 unspecified atom stereocenters. The van der Waals surface area contributed by atoms with Crippen LogP contribution in [0, 0.1) is 0 Å². The number of benzene rings is 7. The minimum atomic E-state index is -0.422. The van der Waals surface area contributed by atoms with Gasteiger partial charge in [0, 0.05) is 44.7 Å². The Morgan fingerprint density at radius 3 is 2.03 bits per heavy atom. The van der Waals surface area contributed by atoms with Gasteiger partial charge >= 0.3 is 14.0 Å². The number of anilines is 3. The fourth-order valence-electron chi connectivity index (χ4n) is 12.5. The lowest BCUT2D eigenvalue weighted by Gasteiger charge is -2.55. The van der Waals surface area contributed by atoms with Crippen LogP contribution < -0.4 is 25.4 Å². The summed E-state index contributed by atoms with van der Waals surface area (Å²) in [5.74, 6) is 0.383. The lowest BCUT2D eigenvalue weighted by molar-refractivity contribution is -0.144. The molecule has 8 heteroatoms. The van der Waals surface area contributed by atoms with Crippen LogP contribution in [0.5, 0.6) is 0 Å². The number of rotatable bonds is 3. The van der Waals surface area contributed by atoms with Gasteiger partial charge in [-0.15, -0.1) is 0 Å². The SMILES string of the molecule is CN1B(c2cccc3ccccc23)N2OC3C(=C4C=C5CCc6ccc1c(c65)C42)C(O)=C3c1cc2c3c(ccc4c3c1N(C)B(c1cccc3ccccc13)N4C)CC2. The predicted octanol–water partition coefficient (Wildman–Crippen LogP) is 8.65. The van der Waals surface area contributed by atoms with E-state index in [4.69, 9.17) is 4.84 Å². The van der Waals surface area contributed by atoms with Gasteiger partial charge in [-0.3, -0.25) is 4.84 Å². The van der Waals surface area contributed by atoms with Gasteiger partial charge in [0.25, 0.3) is 0 Å². The zero-order valence-corrected chi connectivity index (χ0v) is 33.3. The fraction of sp³-hybridized carbons (Fsp3) is 0.176. The Morgan fingerprint density at radius 1 is 0.610 bits per heavy atom. The summed E-state index contributed by atoms with van der Waals surface area (Å²) in [5.41, 5.74) is 18.5. The summed E-state index contributed by atoms with van der Waals surface area (Å²) in [6.07, 6.45) is 6.09. The number of hydrogen-bond acceptors (Lipinski definition) is 6. The van der Waals surface area contributed by atoms with Gasteiger partial charge in [-0.05, 0) is 136 Å². The van der Waals surface area contributed by atoms with Crippen molar-refractivity contribution in [2.45, 2.75) is 37.8 Å². The molecule has 0 spiro atoms. The van der Waals surface area contributed by atoms with Crippen molar-refractivity contribution in [2.24, 2.45) is 0 Å². The highest BCUT2D eigenvalue weighted by atomic mass is 16.7. The summed E-state index contributed by atoms with van der Waals surface area (Å²) in [5, 5.41) is 20.3. The maximum atomic E-state index is 12.7. The molecule has 59 heavy (non-hydrogen) atoms. The Kier molecular flexibility index (Phi) is 6.26. The molecule has 4 aliphatic carbocycles. The molecule has 0 amide bonds. The number of nitrogens with zero attached hydrogens (tertiary/aromatic N) is 4. The van der Waals surface area contributed by atoms with Crippen molar-refractivity contribution in [1.29, 1.82) is 0 Å². The molecule has 3 aliphatic heterocycles. The van der Waals surface area contributed by atoms with Crippen LogP contribution in [0.25, 0.3) is 43.5 Å². The van der Waals surface area contributed by atoms with Crippen LogP contribution in [0.2, 0.25) is 0 Å². The molecule has 6 nitrogen and oxygen atoms in total. The molecule has 7 aromatic carbocycles. The maximum absolute atomic E-state index is 12.7. The number of allylic oxidation sites excluding steroid dienone is 1. The van der Waals surface area contributed by atoms with Crippen LogP contribution in [-0.4, -0.2) is 51.3 Å². The molecule has 0 fully saturated rings. The molecule has 2 atom stereocenters. The van der Waals surface area contributed by atoms with E-state index in [1.165, 1.54) is 99.3 Å². The summed E-state index contributed by atoms with van der Waals surface area (Å²) in [7, 11) is 6.73. The minimum Gasteiger partial charge on any atom is -0.507 e. The quantitative estimate of drug-likeness (QED) is 0.182. The highest BCUT2D eigenvalue weighted by Gasteiger charge is 2.57. The van der Waals surface area contributed by atoms with Crippen LogP contribution in [0.15, 0.2) is 138 Å². The monoisotopic (exact) mass is 762 g/mol. The van der Waals surface area contributed by atoms with Gasteiger partial charge in [0.1, 0.15) is 11.9 Å². The average molecular weight is 763 g/mol. The first-order valence-corrected chi connectivity index (χ1v) is 21.2. The third kappa shape index (κ3) is 3.97. The van der Waals surface area contributed by atoms with Crippen LogP contribution in [0.3, 0.4) is 0 Å². The van der Waals surface area contributed by atoms with Gasteiger partial charge in [0.05, 0.1) is 6.04 Å². The van der Waals surface area contributed by atoms with Crippen molar-refractivity contribution in [1.82, 2.24) is 4.97 Å². The Bertz CT molecular complexity index is 3210. The Hall–Kier alpha value is -6.21. The van der Waals surface area contributed by atoms with Crippen molar-refractivity contribution in [3.63, 3.8) is 0 Å². The first-order chi connectivity index (χ1) is 29.0. The van der Waals surface area contributed by atoms with Crippen molar-refractivity contribution >= 4 is 85.4 Å². The summed E-state index contributed by atoms with van der Waals surface area (Å²) in [6, 6.07) is 42.4. The lowest BCUT2D eigenvalue weighted by Crippen LogP contribution is -2.66. The van der Waals surface area contributed by atoms with Crippen molar-refractivity contribution in [3.05, 3.63) is 172 Å². The molecule has 0 bridgehead atoms. The third-order valence-corrected chi connectivity index (χ3v) is 15.0. The molecule has 7 aromatic rings. The van der Waals surface area contributed by atoms with E-state index >= 15 is 0 Å². The van der Waals surface area contributed by atoms with Crippen molar-refractivity contribution in [3.8, 4) is 0 Å². The van der Waals surface area contributed by atoms with Gasteiger partial charge in [-0.2, -0.15) is 4.97 Å². The number of aryl methyl sites for hydroxylation is 3. The standard InChI is InChI=1S/C51H40B2N4O2/c1-54-40-24-22-30-18-20-32-26-36(48(46(40)42(30)32)56(3)52(54)38-16-8-12-28-10-4-6-14-34(28)38)44-50(58)45-37-27-33-21-19-31-23-25-41-47(43(31)33)49(37)57(59-51(44)45)53(55(41)2)39-17-9-13-29-11-5-7-15-35(29)39/h4-17,22-27,49,51,58H,18-21H2,1-3H3. The van der Waals surface area contributed by atoms with Crippen LogP contribution in [0.4, 0.5) is 17.1 Å². The number of hydrogen-bond donors (Lipinski definition) is 1. The van der Waals surface area contributed by atoms with E-state index in [0.717, 1.165) is 42.4 Å². The van der Waals surface area contributed by atoms with E-state index in [2.05, 4.69) is 162 Å². The van der Waals surface area contributed by atoms with E-state index in [-0.39, 0.29) is 20.0 Å². The highest BCUT2D eigenvalue weighted by molar-refractivity contribution is 6.83. The van der Waals surface area contributed by atoms with Gasteiger partial charge in [-0.1, -0.05) is 103 Å². The molecular weight excluding hydrogens is 722 g/mol. The summed E-state index contributed by atoms with van der Waals surface area (Å²) < 4.78 is 0. The Morgan fingerprint density at radius 2 is 1.25 bits per heavy atom. The van der Waals surface area contributed by atoms with E-state index in [1.807, 2.05) is 0 Å².